The van der Waals surface area contributed by atoms with E-state index >= 15 is 0 Å². The first kappa shape index (κ1) is 24.7. The molecule has 3 N–H and O–H groups in total. The van der Waals surface area contributed by atoms with Crippen LogP contribution in [0.1, 0.15) is 10.4 Å². The van der Waals surface area contributed by atoms with Crippen molar-refractivity contribution in [3.63, 3.8) is 0 Å². The van der Waals surface area contributed by atoms with Gasteiger partial charge in [0.1, 0.15) is 5.75 Å². The highest BCUT2D eigenvalue weighted by Crippen LogP contribution is 2.23. The Hall–Kier alpha value is -1.56. The number of rotatable bonds is 7. The summed E-state index contributed by atoms with van der Waals surface area (Å²) in [6.07, 6.45) is 0. The van der Waals surface area contributed by atoms with E-state index in [0.29, 0.717) is 12.3 Å². The van der Waals surface area contributed by atoms with E-state index in [1.165, 1.54) is 4.88 Å². The number of carbonyl (C=O) groups excluding carboxylic acids is 1. The van der Waals surface area contributed by atoms with Gasteiger partial charge in [0, 0.05) is 51.2 Å². The first-order valence-corrected chi connectivity index (χ1v) is 10.6. The highest BCUT2D eigenvalue weighted by molar-refractivity contribution is 14.0. The van der Waals surface area contributed by atoms with E-state index < -0.39 is 5.91 Å². The number of piperazine rings is 1. The molecule has 1 saturated heterocycles. The topological polar surface area (TPSA) is 83.2 Å². The van der Waals surface area contributed by atoms with Crippen LogP contribution in [-0.2, 0) is 17.9 Å². The summed E-state index contributed by atoms with van der Waals surface area (Å²) in [6, 6.07) is 11.7. The SMILES string of the molecule is CN=C(NCc1cccc(OCC(N)=O)c1)N1CCN(Cc2ccc(Cl)s2)CC1.I. The van der Waals surface area contributed by atoms with Gasteiger partial charge in [-0.2, -0.15) is 0 Å². The van der Waals surface area contributed by atoms with Crippen LogP contribution in [0.25, 0.3) is 0 Å². The smallest absolute Gasteiger partial charge is 0.255 e. The van der Waals surface area contributed by atoms with Crippen molar-refractivity contribution < 1.29 is 9.53 Å². The molecule has 0 spiro atoms. The molecule has 0 atom stereocenters. The Morgan fingerprint density at radius 2 is 2.03 bits per heavy atom. The van der Waals surface area contributed by atoms with Crippen LogP contribution in [0.5, 0.6) is 5.75 Å². The lowest BCUT2D eigenvalue weighted by atomic mass is 10.2. The molecule has 0 bridgehead atoms. The van der Waals surface area contributed by atoms with Crippen molar-refractivity contribution in [2.75, 3.05) is 39.8 Å². The lowest BCUT2D eigenvalue weighted by Crippen LogP contribution is -2.51. The van der Waals surface area contributed by atoms with Crippen LogP contribution in [0.3, 0.4) is 0 Å². The normalized spacial score (nSPS) is 14.9. The predicted molar refractivity (Wildman–Crippen MR) is 133 cm³/mol. The number of amides is 1. The minimum atomic E-state index is -0.491. The van der Waals surface area contributed by atoms with Crippen LogP contribution < -0.4 is 15.8 Å². The van der Waals surface area contributed by atoms with Gasteiger partial charge in [-0.25, -0.2) is 0 Å². The lowest BCUT2D eigenvalue weighted by Gasteiger charge is -2.36. The summed E-state index contributed by atoms with van der Waals surface area (Å²) in [6.45, 7) is 5.23. The zero-order chi connectivity index (χ0) is 20.6. The summed E-state index contributed by atoms with van der Waals surface area (Å²) in [5.41, 5.74) is 6.17. The second kappa shape index (κ2) is 12.3. The number of halogens is 2. The van der Waals surface area contributed by atoms with Gasteiger partial charge in [-0.15, -0.1) is 35.3 Å². The number of aliphatic imine (C=N–C) groups is 1. The largest absolute Gasteiger partial charge is 0.484 e. The van der Waals surface area contributed by atoms with Crippen molar-refractivity contribution in [2.45, 2.75) is 13.1 Å². The molecule has 30 heavy (non-hydrogen) atoms. The summed E-state index contributed by atoms with van der Waals surface area (Å²) in [5, 5.41) is 3.41. The van der Waals surface area contributed by atoms with Gasteiger partial charge in [-0.1, -0.05) is 23.7 Å². The maximum absolute atomic E-state index is 10.9. The molecule has 2 heterocycles. The third kappa shape index (κ3) is 7.60. The van der Waals surface area contributed by atoms with E-state index in [2.05, 4.69) is 26.2 Å². The molecule has 0 saturated carbocycles. The molecule has 1 aromatic heterocycles. The molecule has 164 valence electrons. The summed E-state index contributed by atoms with van der Waals surface area (Å²) in [7, 11) is 1.80. The van der Waals surface area contributed by atoms with Gasteiger partial charge in [0.25, 0.3) is 5.91 Å². The Labute approximate surface area is 203 Å². The molecule has 1 aromatic carbocycles. The third-order valence-corrected chi connectivity index (χ3v) is 5.84. The number of hydrogen-bond donors (Lipinski definition) is 2. The molecule has 0 unspecified atom stereocenters. The monoisotopic (exact) mass is 563 g/mol. The molecule has 1 amide bonds. The van der Waals surface area contributed by atoms with E-state index in [1.807, 2.05) is 24.3 Å². The Kier molecular flexibility index (Phi) is 10.2. The molecule has 0 radical (unpaired) electrons. The summed E-state index contributed by atoms with van der Waals surface area (Å²) >= 11 is 7.67. The van der Waals surface area contributed by atoms with E-state index in [9.17, 15) is 4.79 Å². The minimum absolute atomic E-state index is 0. The fraction of sp³-hybridized carbons (Fsp3) is 0.400. The van der Waals surface area contributed by atoms with Crippen LogP contribution in [0, 0.1) is 0 Å². The first-order chi connectivity index (χ1) is 14.0. The van der Waals surface area contributed by atoms with Crippen LogP contribution in [0.4, 0.5) is 0 Å². The van der Waals surface area contributed by atoms with Gasteiger partial charge in [-0.05, 0) is 29.8 Å². The van der Waals surface area contributed by atoms with E-state index in [1.54, 1.807) is 24.5 Å². The van der Waals surface area contributed by atoms with Crippen molar-refractivity contribution in [3.8, 4) is 5.75 Å². The Morgan fingerprint density at radius 1 is 1.27 bits per heavy atom. The number of ether oxygens (including phenoxy) is 1. The quantitative estimate of drug-likeness (QED) is 0.308. The number of benzene rings is 1. The number of guanidine groups is 1. The fourth-order valence-electron chi connectivity index (χ4n) is 3.19. The fourth-order valence-corrected chi connectivity index (χ4v) is 4.32. The van der Waals surface area contributed by atoms with Gasteiger partial charge in [0.2, 0.25) is 0 Å². The van der Waals surface area contributed by atoms with Crippen molar-refractivity contribution >= 4 is 58.8 Å². The van der Waals surface area contributed by atoms with Gasteiger partial charge in [0.05, 0.1) is 4.34 Å². The number of carbonyl (C=O) groups is 1. The number of nitrogens with zero attached hydrogens (tertiary/aromatic N) is 3. The summed E-state index contributed by atoms with van der Waals surface area (Å²) in [4.78, 5) is 21.3. The second-order valence-corrected chi connectivity index (χ2v) is 8.57. The number of thiophene rings is 1. The van der Waals surface area contributed by atoms with Crippen molar-refractivity contribution in [2.24, 2.45) is 10.7 Å². The molecule has 10 heteroatoms. The molecule has 1 aliphatic rings. The molecule has 0 aliphatic carbocycles. The predicted octanol–water partition coefficient (Wildman–Crippen LogP) is 2.78. The van der Waals surface area contributed by atoms with Gasteiger partial charge >= 0.3 is 0 Å². The van der Waals surface area contributed by atoms with Gasteiger partial charge < -0.3 is 20.7 Å². The van der Waals surface area contributed by atoms with Crippen molar-refractivity contribution in [1.29, 1.82) is 0 Å². The maximum atomic E-state index is 10.9. The van der Waals surface area contributed by atoms with Crippen LogP contribution >= 0.6 is 46.9 Å². The van der Waals surface area contributed by atoms with Gasteiger partial charge in [0.15, 0.2) is 12.6 Å². The minimum Gasteiger partial charge on any atom is -0.484 e. The van der Waals surface area contributed by atoms with E-state index in [4.69, 9.17) is 22.1 Å². The van der Waals surface area contributed by atoms with Crippen LogP contribution in [0.2, 0.25) is 4.34 Å². The maximum Gasteiger partial charge on any atom is 0.255 e. The zero-order valence-corrected chi connectivity index (χ0v) is 20.7. The highest BCUT2D eigenvalue weighted by Gasteiger charge is 2.20. The zero-order valence-electron chi connectivity index (χ0n) is 16.8. The number of primary amides is 1. The second-order valence-electron chi connectivity index (χ2n) is 6.77. The lowest BCUT2D eigenvalue weighted by molar-refractivity contribution is -0.119. The summed E-state index contributed by atoms with van der Waals surface area (Å²) in [5.74, 6) is 1.02. The van der Waals surface area contributed by atoms with Crippen LogP contribution in [-0.4, -0.2) is 61.5 Å². The molecule has 1 aliphatic heterocycles. The molecular formula is C20H27ClIN5O2S. The Balaban J connectivity index is 0.00000320. The molecule has 3 rings (SSSR count). The molecule has 2 aromatic rings. The van der Waals surface area contributed by atoms with Gasteiger partial charge in [-0.3, -0.25) is 14.7 Å². The first-order valence-electron chi connectivity index (χ1n) is 9.45. The standard InChI is InChI=1S/C20H26ClN5O2S.HI/c1-23-20(24-12-15-3-2-4-16(11-15)28-14-19(22)27)26-9-7-25(8-10-26)13-17-5-6-18(21)29-17;/h2-6,11H,7-10,12-14H2,1H3,(H2,22,27)(H,23,24);1H. The molecular weight excluding hydrogens is 537 g/mol. The van der Waals surface area contributed by atoms with E-state index in [-0.39, 0.29) is 30.6 Å². The molecule has 7 nitrogen and oxygen atoms in total. The average molecular weight is 564 g/mol. The number of hydrogen-bond acceptors (Lipinski definition) is 5. The van der Waals surface area contributed by atoms with Crippen LogP contribution in [0.15, 0.2) is 41.4 Å². The Bertz CT molecular complexity index is 855. The number of nitrogens with two attached hydrogens (primary N) is 1. The third-order valence-electron chi connectivity index (χ3n) is 4.62. The van der Waals surface area contributed by atoms with E-state index in [0.717, 1.165) is 48.6 Å². The number of nitrogens with one attached hydrogen (secondary N) is 1. The summed E-state index contributed by atoms with van der Waals surface area (Å²) < 4.78 is 6.20. The van der Waals surface area contributed by atoms with Crippen molar-refractivity contribution in [3.05, 3.63) is 51.2 Å². The average Bonchev–Trinajstić information content (AvgIpc) is 3.13. The molecule has 1 fully saturated rings. The highest BCUT2D eigenvalue weighted by atomic mass is 127. The Morgan fingerprint density at radius 3 is 2.67 bits per heavy atom. The van der Waals surface area contributed by atoms with Crippen molar-refractivity contribution in [1.82, 2.24) is 15.1 Å².